The summed E-state index contributed by atoms with van der Waals surface area (Å²) in [7, 11) is 0. The molecule has 0 saturated carbocycles. The number of nitrogens with one attached hydrogen (secondary N) is 1. The Morgan fingerprint density at radius 2 is 2.47 bits per heavy atom. The SMILES string of the molecule is c1cc(OCC2CCCNC2)n2ccnc2c1. The summed E-state index contributed by atoms with van der Waals surface area (Å²) in [6.07, 6.45) is 6.24. The smallest absolute Gasteiger partial charge is 0.199 e. The number of piperidine rings is 1. The second-order valence-electron chi connectivity index (χ2n) is 4.54. The van der Waals surface area contributed by atoms with Crippen LogP contribution in [0.4, 0.5) is 0 Å². The molecule has 3 heterocycles. The van der Waals surface area contributed by atoms with Crippen molar-refractivity contribution < 1.29 is 4.74 Å². The molecule has 0 aromatic carbocycles. The first-order valence-corrected chi connectivity index (χ1v) is 6.19. The van der Waals surface area contributed by atoms with E-state index in [-0.39, 0.29) is 0 Å². The maximum Gasteiger partial charge on any atom is 0.199 e. The maximum atomic E-state index is 5.90. The zero-order valence-electron chi connectivity index (χ0n) is 9.80. The van der Waals surface area contributed by atoms with Gasteiger partial charge in [0.25, 0.3) is 0 Å². The molecular formula is C13H17N3O. The van der Waals surface area contributed by atoms with Gasteiger partial charge in [0.05, 0.1) is 6.61 Å². The molecule has 1 unspecified atom stereocenters. The van der Waals surface area contributed by atoms with Crippen LogP contribution >= 0.6 is 0 Å². The minimum atomic E-state index is 0.627. The third-order valence-electron chi connectivity index (χ3n) is 3.26. The summed E-state index contributed by atoms with van der Waals surface area (Å²) in [6.45, 7) is 3.00. The van der Waals surface area contributed by atoms with E-state index in [4.69, 9.17) is 4.74 Å². The first-order valence-electron chi connectivity index (χ1n) is 6.19. The van der Waals surface area contributed by atoms with E-state index >= 15 is 0 Å². The molecule has 90 valence electrons. The van der Waals surface area contributed by atoms with E-state index in [1.165, 1.54) is 12.8 Å². The van der Waals surface area contributed by atoms with Gasteiger partial charge in [-0.1, -0.05) is 6.07 Å². The molecule has 1 atom stereocenters. The van der Waals surface area contributed by atoms with Crippen molar-refractivity contribution in [1.82, 2.24) is 14.7 Å². The molecule has 0 aliphatic carbocycles. The van der Waals surface area contributed by atoms with Crippen LogP contribution in [-0.4, -0.2) is 29.1 Å². The van der Waals surface area contributed by atoms with E-state index in [9.17, 15) is 0 Å². The lowest BCUT2D eigenvalue weighted by molar-refractivity contribution is 0.210. The summed E-state index contributed by atoms with van der Waals surface area (Å²) in [5.74, 6) is 1.51. The van der Waals surface area contributed by atoms with Crippen LogP contribution < -0.4 is 10.1 Å². The first-order chi connectivity index (χ1) is 8.43. The number of ether oxygens (including phenoxy) is 1. The highest BCUT2D eigenvalue weighted by Gasteiger charge is 2.14. The third kappa shape index (κ3) is 2.26. The van der Waals surface area contributed by atoms with Gasteiger partial charge in [-0.2, -0.15) is 0 Å². The number of imidazole rings is 1. The molecule has 0 radical (unpaired) electrons. The van der Waals surface area contributed by atoms with Crippen molar-refractivity contribution in [3.63, 3.8) is 0 Å². The fourth-order valence-electron chi connectivity index (χ4n) is 2.31. The Morgan fingerprint density at radius 3 is 3.35 bits per heavy atom. The molecule has 1 aliphatic rings. The van der Waals surface area contributed by atoms with Crippen molar-refractivity contribution in [2.45, 2.75) is 12.8 Å². The highest BCUT2D eigenvalue weighted by atomic mass is 16.5. The van der Waals surface area contributed by atoms with Crippen LogP contribution in [0, 0.1) is 5.92 Å². The number of nitrogens with zero attached hydrogens (tertiary/aromatic N) is 2. The van der Waals surface area contributed by atoms with Crippen molar-refractivity contribution >= 4 is 5.65 Å². The molecule has 0 bridgehead atoms. The Bertz CT molecular complexity index is 488. The molecule has 4 heteroatoms. The number of rotatable bonds is 3. The largest absolute Gasteiger partial charge is 0.478 e. The maximum absolute atomic E-state index is 5.90. The molecule has 1 N–H and O–H groups in total. The number of aromatic nitrogens is 2. The highest BCUT2D eigenvalue weighted by molar-refractivity contribution is 5.41. The van der Waals surface area contributed by atoms with Crippen molar-refractivity contribution in [3.8, 4) is 5.88 Å². The second-order valence-corrected chi connectivity index (χ2v) is 4.54. The van der Waals surface area contributed by atoms with E-state index in [1.807, 2.05) is 28.8 Å². The molecule has 0 spiro atoms. The predicted octanol–water partition coefficient (Wildman–Crippen LogP) is 1.71. The van der Waals surface area contributed by atoms with Gasteiger partial charge >= 0.3 is 0 Å². The van der Waals surface area contributed by atoms with Gasteiger partial charge in [0, 0.05) is 24.9 Å². The summed E-state index contributed by atoms with van der Waals surface area (Å²) in [5, 5.41) is 3.40. The summed E-state index contributed by atoms with van der Waals surface area (Å²) < 4.78 is 7.88. The number of pyridine rings is 1. The zero-order chi connectivity index (χ0) is 11.5. The normalized spacial score (nSPS) is 20.6. The Hall–Kier alpha value is -1.55. The van der Waals surface area contributed by atoms with Crippen LogP contribution in [0.2, 0.25) is 0 Å². The lowest BCUT2D eigenvalue weighted by Gasteiger charge is -2.22. The van der Waals surface area contributed by atoms with Gasteiger partial charge in [-0.25, -0.2) is 4.98 Å². The molecule has 17 heavy (non-hydrogen) atoms. The average Bonchev–Trinajstić information content (AvgIpc) is 2.86. The van der Waals surface area contributed by atoms with E-state index in [0.29, 0.717) is 5.92 Å². The minimum absolute atomic E-state index is 0.627. The summed E-state index contributed by atoms with van der Waals surface area (Å²) in [6, 6.07) is 5.96. The molecule has 2 aromatic rings. The van der Waals surface area contributed by atoms with Gasteiger partial charge in [-0.3, -0.25) is 4.40 Å². The van der Waals surface area contributed by atoms with Gasteiger partial charge < -0.3 is 10.1 Å². The molecule has 1 fully saturated rings. The molecule has 2 aromatic heterocycles. The van der Waals surface area contributed by atoms with Gasteiger partial charge in [0.2, 0.25) is 0 Å². The van der Waals surface area contributed by atoms with Crippen LogP contribution in [0.3, 0.4) is 0 Å². The molecule has 4 nitrogen and oxygen atoms in total. The Morgan fingerprint density at radius 1 is 1.47 bits per heavy atom. The van der Waals surface area contributed by atoms with Gasteiger partial charge in [-0.15, -0.1) is 0 Å². The molecular weight excluding hydrogens is 214 g/mol. The Labute approximate surface area is 101 Å². The number of fused-ring (bicyclic) bond motifs is 1. The Balaban J connectivity index is 1.69. The van der Waals surface area contributed by atoms with E-state index in [0.717, 1.165) is 31.2 Å². The van der Waals surface area contributed by atoms with Crippen LogP contribution in [0.15, 0.2) is 30.6 Å². The molecule has 3 rings (SSSR count). The van der Waals surface area contributed by atoms with Gasteiger partial charge in [-0.05, 0) is 31.5 Å². The minimum Gasteiger partial charge on any atom is -0.478 e. The van der Waals surface area contributed by atoms with Crippen molar-refractivity contribution in [1.29, 1.82) is 0 Å². The summed E-state index contributed by atoms with van der Waals surface area (Å²) >= 11 is 0. The van der Waals surface area contributed by atoms with Crippen LogP contribution in [-0.2, 0) is 0 Å². The zero-order valence-corrected chi connectivity index (χ0v) is 9.80. The quantitative estimate of drug-likeness (QED) is 0.874. The van der Waals surface area contributed by atoms with Crippen LogP contribution in [0.1, 0.15) is 12.8 Å². The third-order valence-corrected chi connectivity index (χ3v) is 3.26. The Kier molecular flexibility index (Phi) is 2.96. The van der Waals surface area contributed by atoms with Gasteiger partial charge in [0.1, 0.15) is 5.65 Å². The first kappa shape index (κ1) is 10.6. The topological polar surface area (TPSA) is 38.6 Å². The fourth-order valence-corrected chi connectivity index (χ4v) is 2.31. The predicted molar refractivity (Wildman–Crippen MR) is 66.3 cm³/mol. The molecule has 0 amide bonds. The molecule has 1 saturated heterocycles. The van der Waals surface area contributed by atoms with E-state index < -0.39 is 0 Å². The van der Waals surface area contributed by atoms with Crippen LogP contribution in [0.5, 0.6) is 5.88 Å². The highest BCUT2D eigenvalue weighted by Crippen LogP contribution is 2.16. The second kappa shape index (κ2) is 4.75. The van der Waals surface area contributed by atoms with Gasteiger partial charge in [0.15, 0.2) is 5.88 Å². The lowest BCUT2D eigenvalue weighted by Crippen LogP contribution is -2.33. The number of hydrogen-bond donors (Lipinski definition) is 1. The van der Waals surface area contributed by atoms with Crippen molar-refractivity contribution in [2.24, 2.45) is 5.92 Å². The van der Waals surface area contributed by atoms with Crippen molar-refractivity contribution in [2.75, 3.05) is 19.7 Å². The summed E-state index contributed by atoms with van der Waals surface area (Å²) in [5.41, 5.74) is 0.935. The monoisotopic (exact) mass is 231 g/mol. The van der Waals surface area contributed by atoms with Crippen LogP contribution in [0.25, 0.3) is 5.65 Å². The number of hydrogen-bond acceptors (Lipinski definition) is 3. The standard InChI is InChI=1S/C13H17N3O/c1-4-12-15-7-8-16(12)13(5-1)17-10-11-3-2-6-14-9-11/h1,4-5,7-8,11,14H,2-3,6,9-10H2. The fraction of sp³-hybridized carbons (Fsp3) is 0.462. The van der Waals surface area contributed by atoms with Crippen molar-refractivity contribution in [3.05, 3.63) is 30.6 Å². The molecule has 1 aliphatic heterocycles. The van der Waals surface area contributed by atoms with E-state index in [2.05, 4.69) is 10.3 Å². The summed E-state index contributed by atoms with van der Waals surface area (Å²) in [4.78, 5) is 4.24. The lowest BCUT2D eigenvalue weighted by atomic mass is 10.0. The average molecular weight is 231 g/mol. The van der Waals surface area contributed by atoms with E-state index in [1.54, 1.807) is 6.20 Å².